The third-order valence-electron chi connectivity index (χ3n) is 4.32. The van der Waals surface area contributed by atoms with E-state index < -0.39 is 0 Å². The molecule has 1 aliphatic rings. The number of β-amino-alcohol motifs (C(OH)–C–C–N with tert-alkyl or cyclic N) is 1. The number of aliphatic hydroxyl groups is 1. The van der Waals surface area contributed by atoms with Crippen LogP contribution in [0.3, 0.4) is 0 Å². The molecule has 2 rings (SSSR count). The summed E-state index contributed by atoms with van der Waals surface area (Å²) in [5.74, 6) is 0. The lowest BCUT2D eigenvalue weighted by atomic mass is 10.0. The predicted molar refractivity (Wildman–Crippen MR) is 81.6 cm³/mol. The number of nitrogens with zero attached hydrogens (tertiary/aromatic N) is 3. The first-order valence-electron chi connectivity index (χ1n) is 7.68. The van der Waals surface area contributed by atoms with Gasteiger partial charge in [-0.15, -0.1) is 0 Å². The molecule has 0 amide bonds. The number of aliphatic hydroxyl groups excluding tert-OH is 1. The number of piperazine rings is 1. The van der Waals surface area contributed by atoms with Crippen molar-refractivity contribution in [3.05, 3.63) is 30.1 Å². The maximum absolute atomic E-state index is 9.61. The van der Waals surface area contributed by atoms with Crippen molar-refractivity contribution in [2.24, 2.45) is 0 Å². The SMILES string of the molecule is CC[C@@H]1CN([C@@H](C)c2cccnc2)CCN1C[C@@H](C)O. The van der Waals surface area contributed by atoms with Crippen molar-refractivity contribution in [1.29, 1.82) is 0 Å². The minimum absolute atomic E-state index is 0.244. The Kier molecular flexibility index (Phi) is 5.52. The van der Waals surface area contributed by atoms with Gasteiger partial charge in [-0.1, -0.05) is 13.0 Å². The van der Waals surface area contributed by atoms with Crippen molar-refractivity contribution in [2.45, 2.75) is 45.4 Å². The lowest BCUT2D eigenvalue weighted by Crippen LogP contribution is -2.54. The zero-order valence-corrected chi connectivity index (χ0v) is 12.9. The van der Waals surface area contributed by atoms with E-state index in [9.17, 15) is 5.11 Å². The highest BCUT2D eigenvalue weighted by Crippen LogP contribution is 2.24. The standard InChI is InChI=1S/C16H27N3O/c1-4-16-12-18(8-9-19(16)11-13(2)20)14(3)15-6-5-7-17-10-15/h5-7,10,13-14,16,20H,4,8-9,11-12H2,1-3H3/t13-,14+,16-/m1/s1. The van der Waals surface area contributed by atoms with Crippen LogP contribution in [0.5, 0.6) is 0 Å². The van der Waals surface area contributed by atoms with Crippen LogP contribution in [0, 0.1) is 0 Å². The van der Waals surface area contributed by atoms with Crippen molar-refractivity contribution < 1.29 is 5.11 Å². The predicted octanol–water partition coefficient (Wildman–Crippen LogP) is 1.92. The summed E-state index contributed by atoms with van der Waals surface area (Å²) in [6.45, 7) is 10.3. The van der Waals surface area contributed by atoms with E-state index >= 15 is 0 Å². The number of hydrogen-bond acceptors (Lipinski definition) is 4. The van der Waals surface area contributed by atoms with Gasteiger partial charge < -0.3 is 5.11 Å². The Labute approximate surface area is 122 Å². The van der Waals surface area contributed by atoms with Crippen LogP contribution in [0.4, 0.5) is 0 Å². The maximum Gasteiger partial charge on any atom is 0.0639 e. The monoisotopic (exact) mass is 277 g/mol. The Morgan fingerprint density at radius 3 is 2.80 bits per heavy atom. The molecule has 4 nitrogen and oxygen atoms in total. The van der Waals surface area contributed by atoms with Crippen LogP contribution in [0.1, 0.15) is 38.8 Å². The largest absolute Gasteiger partial charge is 0.392 e. The van der Waals surface area contributed by atoms with Crippen LogP contribution in [0.2, 0.25) is 0 Å². The molecule has 0 bridgehead atoms. The quantitative estimate of drug-likeness (QED) is 0.892. The molecule has 0 saturated carbocycles. The summed E-state index contributed by atoms with van der Waals surface area (Å²) >= 11 is 0. The first-order chi connectivity index (χ1) is 9.61. The lowest BCUT2D eigenvalue weighted by molar-refractivity contribution is 0.0222. The molecule has 4 heteroatoms. The highest BCUT2D eigenvalue weighted by atomic mass is 16.3. The van der Waals surface area contributed by atoms with Gasteiger partial charge in [0.2, 0.25) is 0 Å². The second-order valence-electron chi connectivity index (χ2n) is 5.86. The first-order valence-corrected chi connectivity index (χ1v) is 7.68. The smallest absolute Gasteiger partial charge is 0.0639 e. The van der Waals surface area contributed by atoms with Gasteiger partial charge in [0.25, 0.3) is 0 Å². The molecule has 1 saturated heterocycles. The number of aromatic nitrogens is 1. The van der Waals surface area contributed by atoms with E-state index in [0.717, 1.165) is 32.6 Å². The molecule has 3 atom stereocenters. The summed E-state index contributed by atoms with van der Waals surface area (Å²) in [5, 5.41) is 9.61. The van der Waals surface area contributed by atoms with Crippen molar-refractivity contribution in [3.8, 4) is 0 Å². The van der Waals surface area contributed by atoms with E-state index in [0.29, 0.717) is 12.1 Å². The highest BCUT2D eigenvalue weighted by molar-refractivity contribution is 5.13. The molecule has 20 heavy (non-hydrogen) atoms. The van der Waals surface area contributed by atoms with Crippen LogP contribution in [0.25, 0.3) is 0 Å². The summed E-state index contributed by atoms with van der Waals surface area (Å²) < 4.78 is 0. The zero-order chi connectivity index (χ0) is 14.5. The molecule has 1 N–H and O–H groups in total. The first kappa shape index (κ1) is 15.4. The minimum Gasteiger partial charge on any atom is -0.392 e. The van der Waals surface area contributed by atoms with Crippen molar-refractivity contribution in [2.75, 3.05) is 26.2 Å². The summed E-state index contributed by atoms with van der Waals surface area (Å²) in [6.07, 6.45) is 4.67. The molecule has 0 unspecified atom stereocenters. The topological polar surface area (TPSA) is 39.6 Å². The molecule has 1 aromatic heterocycles. The normalized spacial score (nSPS) is 24.5. The molecule has 0 spiro atoms. The minimum atomic E-state index is -0.244. The van der Waals surface area contributed by atoms with Gasteiger partial charge >= 0.3 is 0 Å². The Bertz CT molecular complexity index is 396. The average Bonchev–Trinajstić information content (AvgIpc) is 2.47. The van der Waals surface area contributed by atoms with Crippen LogP contribution in [-0.4, -0.2) is 58.2 Å². The van der Waals surface area contributed by atoms with Crippen LogP contribution in [-0.2, 0) is 0 Å². The molecule has 0 radical (unpaired) electrons. The highest BCUT2D eigenvalue weighted by Gasteiger charge is 2.29. The van der Waals surface area contributed by atoms with E-state index in [1.807, 2.05) is 25.4 Å². The van der Waals surface area contributed by atoms with Gasteiger partial charge in [-0.3, -0.25) is 14.8 Å². The Hall–Kier alpha value is -0.970. The van der Waals surface area contributed by atoms with E-state index in [2.05, 4.69) is 34.7 Å². The molecular formula is C16H27N3O. The summed E-state index contributed by atoms with van der Waals surface area (Å²) in [7, 11) is 0. The third-order valence-corrected chi connectivity index (χ3v) is 4.32. The Morgan fingerprint density at radius 1 is 1.40 bits per heavy atom. The Morgan fingerprint density at radius 2 is 2.20 bits per heavy atom. The van der Waals surface area contributed by atoms with Crippen molar-refractivity contribution in [3.63, 3.8) is 0 Å². The third kappa shape index (κ3) is 3.78. The fourth-order valence-electron chi connectivity index (χ4n) is 3.07. The van der Waals surface area contributed by atoms with Crippen molar-refractivity contribution >= 4 is 0 Å². The lowest BCUT2D eigenvalue weighted by Gasteiger charge is -2.44. The van der Waals surface area contributed by atoms with E-state index in [1.54, 1.807) is 0 Å². The molecule has 2 heterocycles. The fraction of sp³-hybridized carbons (Fsp3) is 0.688. The van der Waals surface area contributed by atoms with Gasteiger partial charge in [0.05, 0.1) is 6.10 Å². The van der Waals surface area contributed by atoms with Crippen LogP contribution in [0.15, 0.2) is 24.5 Å². The van der Waals surface area contributed by atoms with Crippen molar-refractivity contribution in [1.82, 2.24) is 14.8 Å². The molecule has 1 fully saturated rings. The molecule has 0 aliphatic carbocycles. The summed E-state index contributed by atoms with van der Waals surface area (Å²) in [6, 6.07) is 5.11. The molecule has 1 aliphatic heterocycles. The van der Waals surface area contributed by atoms with E-state index in [4.69, 9.17) is 0 Å². The van der Waals surface area contributed by atoms with Gasteiger partial charge in [0.15, 0.2) is 0 Å². The maximum atomic E-state index is 9.61. The second-order valence-corrected chi connectivity index (χ2v) is 5.86. The average molecular weight is 277 g/mol. The van der Waals surface area contributed by atoms with E-state index in [1.165, 1.54) is 5.56 Å². The Balaban J connectivity index is 1.99. The summed E-state index contributed by atoms with van der Waals surface area (Å²) in [4.78, 5) is 9.18. The number of pyridine rings is 1. The molecular weight excluding hydrogens is 250 g/mol. The number of hydrogen-bond donors (Lipinski definition) is 1. The van der Waals surface area contributed by atoms with Gasteiger partial charge in [0, 0.05) is 50.7 Å². The van der Waals surface area contributed by atoms with Crippen LogP contribution < -0.4 is 0 Å². The van der Waals surface area contributed by atoms with Gasteiger partial charge in [-0.25, -0.2) is 0 Å². The molecule has 112 valence electrons. The molecule has 0 aromatic carbocycles. The fourth-order valence-corrected chi connectivity index (χ4v) is 3.07. The second kappa shape index (κ2) is 7.16. The van der Waals surface area contributed by atoms with Crippen LogP contribution >= 0.6 is 0 Å². The van der Waals surface area contributed by atoms with Gasteiger partial charge in [-0.2, -0.15) is 0 Å². The zero-order valence-electron chi connectivity index (χ0n) is 12.9. The number of rotatable bonds is 5. The van der Waals surface area contributed by atoms with Gasteiger partial charge in [0.1, 0.15) is 0 Å². The summed E-state index contributed by atoms with van der Waals surface area (Å²) in [5.41, 5.74) is 1.28. The molecule has 1 aromatic rings. The van der Waals surface area contributed by atoms with E-state index in [-0.39, 0.29) is 6.10 Å². The van der Waals surface area contributed by atoms with Gasteiger partial charge in [-0.05, 0) is 31.9 Å².